The van der Waals surface area contributed by atoms with E-state index >= 15 is 0 Å². The maximum atomic E-state index is 13.1. The molecule has 0 aliphatic rings. The average Bonchev–Trinajstić information content (AvgIpc) is 2.52. The molecule has 0 heterocycles. The van der Waals surface area contributed by atoms with Gasteiger partial charge in [0.15, 0.2) is 4.90 Å². The molecule has 0 unspecified atom stereocenters. The predicted molar refractivity (Wildman–Crippen MR) is 90.5 cm³/mol. The van der Waals surface area contributed by atoms with Gasteiger partial charge in [0.05, 0.1) is 23.3 Å². The Balaban J connectivity index is 2.68. The molecular formula is C16H18N2O5S. The van der Waals surface area contributed by atoms with E-state index in [1.165, 1.54) is 26.0 Å². The van der Waals surface area contributed by atoms with Crippen LogP contribution in [-0.2, 0) is 10.0 Å². The molecule has 128 valence electrons. The molecule has 0 saturated carbocycles. The van der Waals surface area contributed by atoms with E-state index in [1.807, 2.05) is 0 Å². The van der Waals surface area contributed by atoms with Gasteiger partial charge in [-0.3, -0.25) is 14.4 Å². The van der Waals surface area contributed by atoms with Gasteiger partial charge in [-0.25, -0.2) is 8.42 Å². The first-order valence-corrected chi connectivity index (χ1v) is 8.69. The molecule has 2 aromatic carbocycles. The molecule has 7 nitrogen and oxygen atoms in total. The van der Waals surface area contributed by atoms with Crippen LogP contribution in [0.3, 0.4) is 0 Å². The Morgan fingerprint density at radius 2 is 1.79 bits per heavy atom. The summed E-state index contributed by atoms with van der Waals surface area (Å²) in [5.41, 5.74) is 0.119. The Labute approximate surface area is 140 Å². The fraction of sp³-hybridized carbons (Fsp3) is 0.250. The second-order valence-electron chi connectivity index (χ2n) is 5.40. The average molecular weight is 350 g/mol. The molecular weight excluding hydrogens is 332 g/mol. The van der Waals surface area contributed by atoms with Crippen molar-refractivity contribution in [1.29, 1.82) is 0 Å². The lowest BCUT2D eigenvalue weighted by Gasteiger charge is -2.26. The van der Waals surface area contributed by atoms with Gasteiger partial charge >= 0.3 is 0 Å². The number of nitrogens with zero attached hydrogens (tertiary/aromatic N) is 2. The van der Waals surface area contributed by atoms with Gasteiger partial charge in [-0.1, -0.05) is 30.3 Å². The highest BCUT2D eigenvalue weighted by molar-refractivity contribution is 7.93. The first-order valence-electron chi connectivity index (χ1n) is 7.25. The Hall–Kier alpha value is -2.45. The maximum absolute atomic E-state index is 13.1. The molecule has 0 saturated heterocycles. The summed E-state index contributed by atoms with van der Waals surface area (Å²) in [6, 6.07) is 12.3. The number of aliphatic hydroxyl groups excluding tert-OH is 1. The molecule has 0 radical (unpaired) electrons. The van der Waals surface area contributed by atoms with E-state index in [0.717, 1.165) is 10.4 Å². The zero-order valence-electron chi connectivity index (χ0n) is 13.3. The molecule has 0 aromatic heterocycles. The lowest BCUT2D eigenvalue weighted by atomic mass is 10.2. The highest BCUT2D eigenvalue weighted by Crippen LogP contribution is 2.32. The fourth-order valence-electron chi connectivity index (χ4n) is 2.40. The van der Waals surface area contributed by atoms with Crippen LogP contribution < -0.4 is 4.31 Å². The number of hydrogen-bond donors (Lipinski definition) is 1. The molecule has 0 spiro atoms. The zero-order chi connectivity index (χ0) is 17.9. The van der Waals surface area contributed by atoms with E-state index in [-0.39, 0.29) is 17.0 Å². The maximum Gasteiger partial charge on any atom is 0.290 e. The lowest BCUT2D eigenvalue weighted by molar-refractivity contribution is -0.387. The number of hydrogen-bond acceptors (Lipinski definition) is 5. The summed E-state index contributed by atoms with van der Waals surface area (Å²) >= 11 is 0. The molecule has 0 aliphatic carbocycles. The molecule has 24 heavy (non-hydrogen) atoms. The summed E-state index contributed by atoms with van der Waals surface area (Å²) in [5.74, 6) is 0. The van der Waals surface area contributed by atoms with Crippen molar-refractivity contribution >= 4 is 21.4 Å². The minimum Gasteiger partial charge on any atom is -0.392 e. The van der Waals surface area contributed by atoms with Crippen LogP contribution in [0, 0.1) is 17.0 Å². The number of aliphatic hydroxyl groups is 1. The number of rotatable bonds is 6. The zero-order valence-corrected chi connectivity index (χ0v) is 14.1. The van der Waals surface area contributed by atoms with Crippen molar-refractivity contribution in [2.24, 2.45) is 0 Å². The Bertz CT molecular complexity index is 835. The molecule has 1 atom stereocenters. The van der Waals surface area contributed by atoms with Gasteiger partial charge in [0.1, 0.15) is 0 Å². The summed E-state index contributed by atoms with van der Waals surface area (Å²) in [6.45, 7) is 2.75. The minimum atomic E-state index is -4.22. The second kappa shape index (κ2) is 6.98. The van der Waals surface area contributed by atoms with Crippen LogP contribution >= 0.6 is 0 Å². The topological polar surface area (TPSA) is 101 Å². The van der Waals surface area contributed by atoms with Crippen molar-refractivity contribution in [3.8, 4) is 0 Å². The van der Waals surface area contributed by atoms with Gasteiger partial charge in [0.25, 0.3) is 15.7 Å². The minimum absolute atomic E-state index is 0.210. The fourth-order valence-corrected chi connectivity index (χ4v) is 4.32. The van der Waals surface area contributed by atoms with Crippen molar-refractivity contribution < 1.29 is 18.4 Å². The van der Waals surface area contributed by atoms with Crippen LogP contribution in [0.4, 0.5) is 11.4 Å². The van der Waals surface area contributed by atoms with E-state index in [0.29, 0.717) is 5.69 Å². The molecule has 1 N–H and O–H groups in total. The normalized spacial score (nSPS) is 12.6. The first-order chi connectivity index (χ1) is 11.2. The van der Waals surface area contributed by atoms with Crippen LogP contribution in [0.15, 0.2) is 53.4 Å². The third kappa shape index (κ3) is 3.55. The van der Waals surface area contributed by atoms with Gasteiger partial charge in [-0.05, 0) is 31.5 Å². The second-order valence-corrected chi connectivity index (χ2v) is 7.20. The number of sulfonamides is 1. The molecule has 2 aromatic rings. The Morgan fingerprint density at radius 3 is 2.33 bits per heavy atom. The van der Waals surface area contributed by atoms with Gasteiger partial charge in [-0.2, -0.15) is 0 Å². The van der Waals surface area contributed by atoms with Crippen molar-refractivity contribution in [2.45, 2.75) is 24.8 Å². The number of aryl methyl sites for hydroxylation is 1. The van der Waals surface area contributed by atoms with Crippen LogP contribution in [0.2, 0.25) is 0 Å². The molecule has 2 rings (SSSR count). The van der Waals surface area contributed by atoms with Crippen LogP contribution in [0.1, 0.15) is 12.5 Å². The first kappa shape index (κ1) is 17.9. The quantitative estimate of drug-likeness (QED) is 0.637. The SMILES string of the molecule is Cc1cccc([N+](=O)[O-])c1S(=O)(=O)N(C[C@@H](C)O)c1ccccc1. The van der Waals surface area contributed by atoms with E-state index in [9.17, 15) is 23.6 Å². The van der Waals surface area contributed by atoms with Crippen LogP contribution in [0.25, 0.3) is 0 Å². The largest absolute Gasteiger partial charge is 0.392 e. The number of para-hydroxylation sites is 1. The lowest BCUT2D eigenvalue weighted by Crippen LogP contribution is -2.37. The van der Waals surface area contributed by atoms with Crippen molar-refractivity contribution in [2.75, 3.05) is 10.8 Å². The molecule has 0 amide bonds. The van der Waals surface area contributed by atoms with Crippen molar-refractivity contribution in [3.05, 3.63) is 64.2 Å². The summed E-state index contributed by atoms with van der Waals surface area (Å²) in [7, 11) is -4.22. The van der Waals surface area contributed by atoms with E-state index in [2.05, 4.69) is 0 Å². The number of benzene rings is 2. The van der Waals surface area contributed by atoms with Gasteiger partial charge < -0.3 is 5.11 Å². The number of nitro groups is 1. The Morgan fingerprint density at radius 1 is 1.17 bits per heavy atom. The molecule has 0 fully saturated rings. The molecule has 0 aliphatic heterocycles. The van der Waals surface area contributed by atoms with Gasteiger partial charge in [0.2, 0.25) is 0 Å². The third-order valence-electron chi connectivity index (χ3n) is 3.41. The van der Waals surface area contributed by atoms with Gasteiger partial charge in [-0.15, -0.1) is 0 Å². The predicted octanol–water partition coefficient (Wildman–Crippen LogP) is 2.48. The van der Waals surface area contributed by atoms with Crippen LogP contribution in [-0.4, -0.2) is 31.1 Å². The molecule has 0 bridgehead atoms. The van der Waals surface area contributed by atoms with Crippen LogP contribution in [0.5, 0.6) is 0 Å². The summed E-state index contributed by atoms with van der Waals surface area (Å²) in [4.78, 5) is 10.2. The Kier molecular flexibility index (Phi) is 5.20. The molecule has 8 heteroatoms. The number of nitro benzene ring substituents is 1. The van der Waals surface area contributed by atoms with Crippen molar-refractivity contribution in [3.63, 3.8) is 0 Å². The van der Waals surface area contributed by atoms with Crippen molar-refractivity contribution in [1.82, 2.24) is 0 Å². The van der Waals surface area contributed by atoms with E-state index in [1.54, 1.807) is 30.3 Å². The van der Waals surface area contributed by atoms with E-state index < -0.39 is 26.7 Å². The highest BCUT2D eigenvalue weighted by atomic mass is 32.2. The standard InChI is InChI=1S/C16H18N2O5S/c1-12-7-6-10-15(18(20)21)16(12)24(22,23)17(11-13(2)19)14-8-4-3-5-9-14/h3-10,13,19H,11H2,1-2H3/t13-/m1/s1. The summed E-state index contributed by atoms with van der Waals surface area (Å²) in [6.07, 6.45) is -0.942. The number of anilines is 1. The highest BCUT2D eigenvalue weighted by Gasteiger charge is 2.34. The summed E-state index contributed by atoms with van der Waals surface area (Å²) in [5, 5.41) is 21.0. The smallest absolute Gasteiger partial charge is 0.290 e. The monoisotopic (exact) mass is 350 g/mol. The summed E-state index contributed by atoms with van der Waals surface area (Å²) < 4.78 is 27.2. The van der Waals surface area contributed by atoms with Gasteiger partial charge in [0, 0.05) is 6.07 Å². The third-order valence-corrected chi connectivity index (χ3v) is 5.40. The van der Waals surface area contributed by atoms with E-state index in [4.69, 9.17) is 0 Å².